The van der Waals surface area contributed by atoms with Gasteiger partial charge in [-0.05, 0) is 18.9 Å². The quantitative estimate of drug-likeness (QED) is 0.393. The van der Waals surface area contributed by atoms with E-state index in [0.29, 0.717) is 6.67 Å². The highest BCUT2D eigenvalue weighted by Gasteiger charge is 2.26. The van der Waals surface area contributed by atoms with Gasteiger partial charge in [0.2, 0.25) is 0 Å². The molecule has 1 fully saturated rings. The van der Waals surface area contributed by atoms with Crippen molar-refractivity contribution in [3.63, 3.8) is 0 Å². The van der Waals surface area contributed by atoms with Crippen molar-refractivity contribution in [2.45, 2.75) is 19.5 Å². The van der Waals surface area contributed by atoms with Gasteiger partial charge in [-0.15, -0.1) is 0 Å². The summed E-state index contributed by atoms with van der Waals surface area (Å²) in [7, 11) is 0. The van der Waals surface area contributed by atoms with E-state index in [2.05, 4.69) is 10.00 Å². The average Bonchev–Trinajstić information content (AvgIpc) is 3.11. The molecule has 0 bridgehead atoms. The second-order valence-electron chi connectivity index (χ2n) is 6.91. The molecule has 0 spiro atoms. The lowest BCUT2D eigenvalue weighted by molar-refractivity contribution is -0.384. The van der Waals surface area contributed by atoms with Gasteiger partial charge in [-0.1, -0.05) is 30.3 Å². The number of rotatable bonds is 5. The third-order valence-electron chi connectivity index (χ3n) is 5.19. The molecule has 2 aromatic carbocycles. The molecule has 7 nitrogen and oxygen atoms in total. The van der Waals surface area contributed by atoms with Crippen LogP contribution >= 0.6 is 0 Å². The van der Waals surface area contributed by atoms with Gasteiger partial charge in [-0.3, -0.25) is 24.5 Å². The summed E-state index contributed by atoms with van der Waals surface area (Å²) in [6.07, 6.45) is 3.35. The first-order chi connectivity index (χ1) is 13.1. The largest absolute Gasteiger partial charge is 0.294 e. The highest BCUT2D eigenvalue weighted by atomic mass is 16.6. The summed E-state index contributed by atoms with van der Waals surface area (Å²) in [4.78, 5) is 25.5. The van der Waals surface area contributed by atoms with Crippen LogP contribution in [0.2, 0.25) is 0 Å². The summed E-state index contributed by atoms with van der Waals surface area (Å²) < 4.78 is 1.79. The molecular formula is C20H20N4O3. The minimum absolute atomic E-state index is 0.0547. The fraction of sp³-hybridized carbons (Fsp3) is 0.300. The molecule has 0 unspecified atom stereocenters. The van der Waals surface area contributed by atoms with Crippen molar-refractivity contribution in [1.82, 2.24) is 14.7 Å². The Morgan fingerprint density at radius 2 is 1.89 bits per heavy atom. The summed E-state index contributed by atoms with van der Waals surface area (Å²) in [5.74, 6) is 0.273. The zero-order valence-electron chi connectivity index (χ0n) is 14.8. The van der Waals surface area contributed by atoms with Crippen molar-refractivity contribution in [2.75, 3.05) is 13.1 Å². The average molecular weight is 364 g/mol. The Bertz CT molecular complexity index is 975. The second-order valence-corrected chi connectivity index (χ2v) is 6.91. The van der Waals surface area contributed by atoms with Crippen LogP contribution in [0.15, 0.2) is 54.7 Å². The number of hydrogen-bond acceptors (Lipinski definition) is 5. The van der Waals surface area contributed by atoms with Gasteiger partial charge in [0.05, 0.1) is 23.3 Å². The Balaban J connectivity index is 1.42. The molecule has 2 heterocycles. The SMILES string of the molecule is O=C(c1ccccc1)C1CCN(Cn2ncc3ccc([N+](=O)[O-])cc32)CC1. The van der Waals surface area contributed by atoms with E-state index in [0.717, 1.165) is 42.4 Å². The van der Waals surface area contributed by atoms with Gasteiger partial charge in [0.15, 0.2) is 5.78 Å². The lowest BCUT2D eigenvalue weighted by atomic mass is 9.89. The molecule has 0 N–H and O–H groups in total. The van der Waals surface area contributed by atoms with E-state index >= 15 is 0 Å². The third-order valence-corrected chi connectivity index (χ3v) is 5.19. The molecule has 1 saturated heterocycles. The molecule has 7 heteroatoms. The van der Waals surface area contributed by atoms with E-state index in [1.807, 2.05) is 30.3 Å². The van der Waals surface area contributed by atoms with Gasteiger partial charge in [-0.2, -0.15) is 5.10 Å². The van der Waals surface area contributed by atoms with Gasteiger partial charge >= 0.3 is 0 Å². The summed E-state index contributed by atoms with van der Waals surface area (Å²) >= 11 is 0. The Morgan fingerprint density at radius 1 is 1.15 bits per heavy atom. The van der Waals surface area contributed by atoms with Crippen molar-refractivity contribution in [1.29, 1.82) is 0 Å². The maximum absolute atomic E-state index is 12.6. The van der Waals surface area contributed by atoms with Crippen molar-refractivity contribution in [3.8, 4) is 0 Å². The monoisotopic (exact) mass is 364 g/mol. The number of nitro groups is 1. The number of piperidine rings is 1. The fourth-order valence-corrected chi connectivity index (χ4v) is 3.65. The summed E-state index contributed by atoms with van der Waals surface area (Å²) in [5.41, 5.74) is 1.60. The zero-order chi connectivity index (χ0) is 18.8. The molecule has 0 atom stereocenters. The van der Waals surface area contributed by atoms with Crippen molar-refractivity contribution >= 4 is 22.4 Å². The molecule has 4 rings (SSSR count). The fourth-order valence-electron chi connectivity index (χ4n) is 3.65. The minimum Gasteiger partial charge on any atom is -0.294 e. The third kappa shape index (κ3) is 3.59. The molecular weight excluding hydrogens is 344 g/mol. The van der Waals surface area contributed by atoms with Crippen LogP contribution in [0.25, 0.3) is 10.9 Å². The maximum Gasteiger partial charge on any atom is 0.271 e. The van der Waals surface area contributed by atoms with Crippen LogP contribution in [0.4, 0.5) is 5.69 Å². The zero-order valence-corrected chi connectivity index (χ0v) is 14.8. The van der Waals surface area contributed by atoms with Gasteiger partial charge in [0.1, 0.15) is 0 Å². The summed E-state index contributed by atoms with van der Waals surface area (Å²) in [6.45, 7) is 2.18. The lowest BCUT2D eigenvalue weighted by Crippen LogP contribution is -2.37. The van der Waals surface area contributed by atoms with E-state index in [1.165, 1.54) is 6.07 Å². The second kappa shape index (κ2) is 7.28. The van der Waals surface area contributed by atoms with Gasteiger partial charge in [0.25, 0.3) is 5.69 Å². The van der Waals surface area contributed by atoms with Gasteiger partial charge in [0, 0.05) is 42.1 Å². The number of carbonyl (C=O) groups excluding carboxylic acids is 1. The summed E-state index contributed by atoms with van der Waals surface area (Å²) in [6, 6.07) is 14.2. The molecule has 1 aliphatic rings. The molecule has 1 aliphatic heterocycles. The first-order valence-electron chi connectivity index (χ1n) is 9.03. The molecule has 138 valence electrons. The summed E-state index contributed by atoms with van der Waals surface area (Å²) in [5, 5.41) is 16.3. The van der Waals surface area contributed by atoms with E-state index < -0.39 is 4.92 Å². The molecule has 0 radical (unpaired) electrons. The number of benzene rings is 2. The van der Waals surface area contributed by atoms with Gasteiger partial charge in [-0.25, -0.2) is 0 Å². The van der Waals surface area contributed by atoms with Crippen LogP contribution < -0.4 is 0 Å². The van der Waals surface area contributed by atoms with Crippen molar-refractivity contribution < 1.29 is 9.72 Å². The van der Waals surface area contributed by atoms with Crippen LogP contribution in [0, 0.1) is 16.0 Å². The maximum atomic E-state index is 12.6. The number of fused-ring (bicyclic) bond motifs is 1. The normalized spacial score (nSPS) is 15.9. The van der Waals surface area contributed by atoms with E-state index in [4.69, 9.17) is 0 Å². The predicted molar refractivity (Wildman–Crippen MR) is 101 cm³/mol. The van der Waals surface area contributed by atoms with Crippen molar-refractivity contribution in [2.24, 2.45) is 5.92 Å². The molecule has 0 saturated carbocycles. The highest BCUT2D eigenvalue weighted by molar-refractivity contribution is 5.97. The van der Waals surface area contributed by atoms with Crippen molar-refractivity contribution in [3.05, 3.63) is 70.4 Å². The predicted octanol–water partition coefficient (Wildman–Crippen LogP) is 3.50. The molecule has 27 heavy (non-hydrogen) atoms. The molecule has 0 aliphatic carbocycles. The topological polar surface area (TPSA) is 81.3 Å². The van der Waals surface area contributed by atoms with Crippen LogP contribution in [0.3, 0.4) is 0 Å². The number of nitrogens with zero attached hydrogens (tertiary/aromatic N) is 4. The van der Waals surface area contributed by atoms with Crippen LogP contribution in [0.5, 0.6) is 0 Å². The number of aromatic nitrogens is 2. The van der Waals surface area contributed by atoms with E-state index in [1.54, 1.807) is 23.0 Å². The molecule has 3 aromatic rings. The smallest absolute Gasteiger partial charge is 0.271 e. The number of Topliss-reactive ketones (excluding diaryl/α,β-unsaturated/α-hetero) is 1. The van der Waals surface area contributed by atoms with Crippen LogP contribution in [0.1, 0.15) is 23.2 Å². The number of ketones is 1. The van der Waals surface area contributed by atoms with Gasteiger partial charge < -0.3 is 0 Å². The van der Waals surface area contributed by atoms with E-state index in [-0.39, 0.29) is 17.4 Å². The Hall–Kier alpha value is -3.06. The number of carbonyl (C=O) groups is 1. The van der Waals surface area contributed by atoms with E-state index in [9.17, 15) is 14.9 Å². The molecule has 1 aromatic heterocycles. The Labute approximate surface area is 156 Å². The Morgan fingerprint density at radius 3 is 2.59 bits per heavy atom. The first kappa shape index (κ1) is 17.4. The number of non-ortho nitro benzene ring substituents is 1. The first-order valence-corrected chi connectivity index (χ1v) is 9.03. The number of nitro benzene ring substituents is 1. The standard InChI is InChI=1S/C20H20N4O3/c25-20(15-4-2-1-3-5-15)16-8-10-22(11-9-16)14-23-19-12-18(24(26)27)7-6-17(19)13-21-23/h1-7,12-13,16H,8-11,14H2. The lowest BCUT2D eigenvalue weighted by Gasteiger charge is -2.31. The van der Waals surface area contributed by atoms with Crippen LogP contribution in [-0.4, -0.2) is 38.5 Å². The Kier molecular flexibility index (Phi) is 4.68. The number of hydrogen-bond donors (Lipinski definition) is 0. The van der Waals surface area contributed by atoms with Crippen LogP contribution in [-0.2, 0) is 6.67 Å². The number of likely N-dealkylation sites (tertiary alicyclic amines) is 1. The highest BCUT2D eigenvalue weighted by Crippen LogP contribution is 2.24. The minimum atomic E-state index is -0.391. The molecule has 0 amide bonds.